The van der Waals surface area contributed by atoms with Gasteiger partial charge in [-0.15, -0.1) is 13.2 Å². The lowest BCUT2D eigenvalue weighted by Crippen LogP contribution is -2.37. The normalized spacial score (nSPS) is 15.0. The number of fused-ring (bicyclic) bond motifs is 1. The van der Waals surface area contributed by atoms with E-state index >= 15 is 0 Å². The van der Waals surface area contributed by atoms with E-state index in [1.807, 2.05) is 73.7 Å². The van der Waals surface area contributed by atoms with Gasteiger partial charge in [-0.2, -0.15) is 0 Å². The summed E-state index contributed by atoms with van der Waals surface area (Å²) in [5, 5.41) is 0. The summed E-state index contributed by atoms with van der Waals surface area (Å²) in [6.45, 7) is 5.13. The Kier molecular flexibility index (Phi) is 10.7. The number of hydrogen-bond acceptors (Lipinski definition) is 7. The lowest BCUT2D eigenvalue weighted by molar-refractivity contribution is -0.274. The van der Waals surface area contributed by atoms with Gasteiger partial charge in [-0.25, -0.2) is 4.98 Å². The van der Waals surface area contributed by atoms with Crippen LogP contribution in [0, 0.1) is 0 Å². The fourth-order valence-corrected chi connectivity index (χ4v) is 6.77. The van der Waals surface area contributed by atoms with Gasteiger partial charge in [0, 0.05) is 31.4 Å². The minimum Gasteiger partial charge on any atom is -0.486 e. The molecule has 8 nitrogen and oxygen atoms in total. The van der Waals surface area contributed by atoms with Crippen molar-refractivity contribution in [3.63, 3.8) is 0 Å². The van der Waals surface area contributed by atoms with E-state index in [0.29, 0.717) is 42.3 Å². The average molecular weight is 680 g/mol. The highest BCUT2D eigenvalue weighted by molar-refractivity contribution is 7.38. The quantitative estimate of drug-likeness (QED) is 0.125. The maximum Gasteiger partial charge on any atom is 0.573 e. The second kappa shape index (κ2) is 15.3. The third-order valence-corrected chi connectivity index (χ3v) is 9.32. The van der Waals surface area contributed by atoms with Crippen LogP contribution in [0.5, 0.6) is 17.2 Å². The second-order valence-corrected chi connectivity index (χ2v) is 13.0. The monoisotopic (exact) mass is 679 g/mol. The molecule has 0 bridgehead atoms. The Bertz CT molecular complexity index is 1860. The molecule has 5 aromatic rings. The van der Waals surface area contributed by atoms with Crippen molar-refractivity contribution in [1.82, 2.24) is 14.9 Å². The molecule has 1 N–H and O–H groups in total. The summed E-state index contributed by atoms with van der Waals surface area (Å²) in [6, 6.07) is 27.3. The molecule has 1 saturated heterocycles. The van der Waals surface area contributed by atoms with Gasteiger partial charge < -0.3 is 23.7 Å². The number of alkyl halides is 3. The summed E-state index contributed by atoms with van der Waals surface area (Å²) in [7, 11) is -2.09. The van der Waals surface area contributed by atoms with Crippen molar-refractivity contribution in [1.29, 1.82) is 0 Å². The standard InChI is InChI=1S/C36H37F3N3O5P/c1-2-45-48(43)24-27-8-5-7-26(19-27)23-44-33-11-3-4-12-34(33)46-29-15-17-42(18-16-29)22-25-13-14-31-32(20-25)41-35(40-31)28-9-6-10-30(21-28)47-36(37,38)39/h3-14,19-21,29,48H,2,15-18,22-24H2,1H3,(H,40,41). The van der Waals surface area contributed by atoms with Crippen molar-refractivity contribution in [2.24, 2.45) is 0 Å². The van der Waals surface area contributed by atoms with Crippen LogP contribution >= 0.6 is 8.03 Å². The number of likely N-dealkylation sites (tertiary alicyclic amines) is 1. The number of rotatable bonds is 13. The molecule has 1 unspecified atom stereocenters. The van der Waals surface area contributed by atoms with Crippen LogP contribution < -0.4 is 14.2 Å². The van der Waals surface area contributed by atoms with Crippen LogP contribution in [0.1, 0.15) is 36.5 Å². The van der Waals surface area contributed by atoms with Crippen LogP contribution in [0.15, 0.2) is 91.0 Å². The van der Waals surface area contributed by atoms with E-state index in [1.54, 1.807) is 6.07 Å². The highest BCUT2D eigenvalue weighted by Crippen LogP contribution is 2.32. The third-order valence-electron chi connectivity index (χ3n) is 8.01. The number of imidazole rings is 1. The number of piperidine rings is 1. The number of para-hydroxylation sites is 2. The lowest BCUT2D eigenvalue weighted by atomic mass is 10.1. The molecule has 2 heterocycles. The lowest BCUT2D eigenvalue weighted by Gasteiger charge is -2.32. The maximum atomic E-state index is 12.7. The van der Waals surface area contributed by atoms with E-state index in [-0.39, 0.29) is 11.9 Å². The predicted octanol–water partition coefficient (Wildman–Crippen LogP) is 8.76. The van der Waals surface area contributed by atoms with Crippen molar-refractivity contribution in [2.75, 3.05) is 19.7 Å². The van der Waals surface area contributed by atoms with E-state index < -0.39 is 14.4 Å². The van der Waals surface area contributed by atoms with Gasteiger partial charge in [0.25, 0.3) is 0 Å². The van der Waals surface area contributed by atoms with E-state index in [0.717, 1.165) is 60.2 Å². The minimum atomic E-state index is -4.76. The number of aromatic nitrogens is 2. The van der Waals surface area contributed by atoms with Crippen LogP contribution in [0.2, 0.25) is 0 Å². The summed E-state index contributed by atoms with van der Waals surface area (Å²) in [6.07, 6.45) is -2.57. The van der Waals surface area contributed by atoms with Crippen LogP contribution in [0.25, 0.3) is 22.4 Å². The summed E-state index contributed by atoms with van der Waals surface area (Å²) >= 11 is 0. The molecule has 1 aromatic heterocycles. The Labute approximate surface area is 277 Å². The SMILES string of the molecule is CCO[PH](=O)Cc1cccc(COc2ccccc2OC2CCN(Cc3ccc4nc(-c5cccc(OC(F)(F)F)c5)[nH]c4c3)CC2)c1. The van der Waals surface area contributed by atoms with Crippen molar-refractivity contribution in [3.05, 3.63) is 108 Å². The molecule has 12 heteroatoms. The van der Waals surface area contributed by atoms with E-state index in [2.05, 4.69) is 19.6 Å². The Hall–Kier alpha value is -4.31. The zero-order valence-corrected chi connectivity index (χ0v) is 27.5. The zero-order chi connectivity index (χ0) is 33.5. The molecule has 0 aliphatic carbocycles. The Morgan fingerprint density at radius 2 is 1.67 bits per heavy atom. The number of benzene rings is 4. The van der Waals surface area contributed by atoms with Crippen LogP contribution in [-0.4, -0.2) is 47.0 Å². The Morgan fingerprint density at radius 1 is 0.896 bits per heavy atom. The molecule has 0 spiro atoms. The van der Waals surface area contributed by atoms with Crippen molar-refractivity contribution in [3.8, 4) is 28.6 Å². The van der Waals surface area contributed by atoms with Gasteiger partial charge in [-0.3, -0.25) is 9.46 Å². The molecule has 4 aromatic carbocycles. The average Bonchev–Trinajstić information content (AvgIpc) is 3.49. The first-order chi connectivity index (χ1) is 23.2. The molecule has 1 aliphatic rings. The smallest absolute Gasteiger partial charge is 0.486 e. The van der Waals surface area contributed by atoms with E-state index in [4.69, 9.17) is 14.0 Å². The fraction of sp³-hybridized carbons (Fsp3) is 0.306. The van der Waals surface area contributed by atoms with Crippen molar-refractivity contribution in [2.45, 2.75) is 51.5 Å². The molecular weight excluding hydrogens is 642 g/mol. The number of nitrogens with one attached hydrogen (secondary N) is 1. The molecule has 6 rings (SSSR count). The first-order valence-electron chi connectivity index (χ1n) is 15.9. The number of halogens is 3. The van der Waals surface area contributed by atoms with Crippen LogP contribution in [0.4, 0.5) is 13.2 Å². The molecule has 48 heavy (non-hydrogen) atoms. The van der Waals surface area contributed by atoms with Gasteiger partial charge >= 0.3 is 6.36 Å². The molecule has 1 atom stereocenters. The Balaban J connectivity index is 1.02. The summed E-state index contributed by atoms with van der Waals surface area (Å²) < 4.78 is 72.0. The number of H-pyrrole nitrogens is 1. The molecular formula is C36H37F3N3O5P. The first kappa shape index (κ1) is 33.6. The summed E-state index contributed by atoms with van der Waals surface area (Å²) in [5.74, 6) is 1.58. The molecule has 1 fully saturated rings. The molecule has 0 amide bonds. The minimum absolute atomic E-state index is 0.0558. The van der Waals surface area contributed by atoms with Crippen LogP contribution in [-0.2, 0) is 28.4 Å². The van der Waals surface area contributed by atoms with E-state index in [9.17, 15) is 17.7 Å². The number of aromatic amines is 1. The van der Waals surface area contributed by atoms with Crippen molar-refractivity contribution >= 4 is 19.1 Å². The molecule has 0 saturated carbocycles. The molecule has 252 valence electrons. The van der Waals surface area contributed by atoms with Gasteiger partial charge in [-0.05, 0) is 72.9 Å². The highest BCUT2D eigenvalue weighted by atomic mass is 31.1. The van der Waals surface area contributed by atoms with Gasteiger partial charge in [0.1, 0.15) is 24.3 Å². The van der Waals surface area contributed by atoms with Gasteiger partial charge in [0.15, 0.2) is 19.5 Å². The predicted molar refractivity (Wildman–Crippen MR) is 179 cm³/mol. The van der Waals surface area contributed by atoms with Gasteiger partial charge in [-0.1, -0.05) is 54.6 Å². The highest BCUT2D eigenvalue weighted by Gasteiger charge is 2.31. The third kappa shape index (κ3) is 9.18. The van der Waals surface area contributed by atoms with Crippen LogP contribution in [0.3, 0.4) is 0 Å². The largest absolute Gasteiger partial charge is 0.573 e. The number of ether oxygens (including phenoxy) is 3. The first-order valence-corrected chi connectivity index (χ1v) is 17.4. The zero-order valence-electron chi connectivity index (χ0n) is 26.5. The number of hydrogen-bond donors (Lipinski definition) is 1. The molecule has 1 aliphatic heterocycles. The summed E-state index contributed by atoms with van der Waals surface area (Å²) in [4.78, 5) is 10.2. The topological polar surface area (TPSA) is 85.9 Å². The van der Waals surface area contributed by atoms with Crippen molar-refractivity contribution < 1.29 is 36.5 Å². The second-order valence-electron chi connectivity index (χ2n) is 11.6. The van der Waals surface area contributed by atoms with E-state index in [1.165, 1.54) is 18.2 Å². The number of nitrogens with zero attached hydrogens (tertiary/aromatic N) is 2. The Morgan fingerprint density at radius 3 is 2.46 bits per heavy atom. The maximum absolute atomic E-state index is 12.7. The van der Waals surface area contributed by atoms with Gasteiger partial charge in [0.2, 0.25) is 0 Å². The fourth-order valence-electron chi connectivity index (χ4n) is 5.79. The molecule has 0 radical (unpaired) electrons. The summed E-state index contributed by atoms with van der Waals surface area (Å²) in [5.41, 5.74) is 5.10. The van der Waals surface area contributed by atoms with Gasteiger partial charge in [0.05, 0.1) is 17.6 Å².